The van der Waals surface area contributed by atoms with E-state index in [1.165, 1.54) is 21.3 Å². The van der Waals surface area contributed by atoms with E-state index in [4.69, 9.17) is 24.8 Å². The first-order valence-electron chi connectivity index (χ1n) is 6.33. The van der Waals surface area contributed by atoms with Gasteiger partial charge in [-0.1, -0.05) is 0 Å². The Morgan fingerprint density at radius 1 is 1.14 bits per heavy atom. The van der Waals surface area contributed by atoms with Gasteiger partial charge in [-0.2, -0.15) is 0 Å². The molecular weight excluding hydrogens is 276 g/mol. The molecule has 3 N–H and O–H groups in total. The molecule has 0 unspecified atom stereocenters. The molecule has 0 saturated heterocycles. The Morgan fingerprint density at radius 2 is 1.67 bits per heavy atom. The van der Waals surface area contributed by atoms with Crippen molar-refractivity contribution < 1.29 is 23.7 Å². The molecule has 0 aliphatic carbocycles. The van der Waals surface area contributed by atoms with Gasteiger partial charge in [0.25, 0.3) is 0 Å². The smallest absolute Gasteiger partial charge is 0.242 e. The Balaban J connectivity index is 2.97. The number of amides is 1. The standard InChI is InChI=1S/C14H22N2O5/c1-14(2,13(17)16-15)8-21-9-6-10(18-3)12(20-5)11(7-9)19-4/h6-7H,8,15H2,1-5H3,(H,16,17). The van der Waals surface area contributed by atoms with Crippen LogP contribution in [0.5, 0.6) is 23.0 Å². The van der Waals surface area contributed by atoms with Crippen molar-refractivity contribution in [3.8, 4) is 23.0 Å². The monoisotopic (exact) mass is 298 g/mol. The number of rotatable bonds is 7. The molecule has 0 atom stereocenters. The lowest BCUT2D eigenvalue weighted by Gasteiger charge is -2.23. The highest BCUT2D eigenvalue weighted by Crippen LogP contribution is 2.41. The minimum atomic E-state index is -0.769. The Kier molecular flexibility index (Phi) is 5.66. The van der Waals surface area contributed by atoms with Crippen LogP contribution in [0.2, 0.25) is 0 Å². The third-order valence-corrected chi connectivity index (χ3v) is 2.98. The van der Waals surface area contributed by atoms with Crippen LogP contribution in [0.1, 0.15) is 13.8 Å². The zero-order valence-electron chi connectivity index (χ0n) is 13.0. The Hall–Kier alpha value is -2.15. The Labute approximate surface area is 124 Å². The van der Waals surface area contributed by atoms with E-state index in [9.17, 15) is 4.79 Å². The van der Waals surface area contributed by atoms with Gasteiger partial charge in [-0.05, 0) is 13.8 Å². The molecule has 0 saturated carbocycles. The maximum Gasteiger partial charge on any atom is 0.242 e. The third kappa shape index (κ3) is 3.91. The van der Waals surface area contributed by atoms with Crippen molar-refractivity contribution in [3.63, 3.8) is 0 Å². The molecule has 0 spiro atoms. The second-order valence-electron chi connectivity index (χ2n) is 5.01. The molecule has 7 nitrogen and oxygen atoms in total. The summed E-state index contributed by atoms with van der Waals surface area (Å²) in [6.07, 6.45) is 0. The fourth-order valence-electron chi connectivity index (χ4n) is 1.67. The minimum absolute atomic E-state index is 0.147. The number of nitrogens with one attached hydrogen (secondary N) is 1. The summed E-state index contributed by atoms with van der Waals surface area (Å²) >= 11 is 0. The van der Waals surface area contributed by atoms with Crippen LogP contribution in [0.25, 0.3) is 0 Å². The number of carbonyl (C=O) groups excluding carboxylic acids is 1. The number of hydrogen-bond acceptors (Lipinski definition) is 6. The number of ether oxygens (including phenoxy) is 4. The average Bonchev–Trinajstić information content (AvgIpc) is 2.50. The molecule has 0 aromatic heterocycles. The first-order valence-corrected chi connectivity index (χ1v) is 6.33. The SMILES string of the molecule is COc1cc(OCC(C)(C)C(=O)NN)cc(OC)c1OC. The van der Waals surface area contributed by atoms with Gasteiger partial charge < -0.3 is 18.9 Å². The summed E-state index contributed by atoms with van der Waals surface area (Å²) in [5.41, 5.74) is 1.35. The normalized spacial score (nSPS) is 10.8. The molecule has 21 heavy (non-hydrogen) atoms. The molecular formula is C14H22N2O5. The Bertz CT molecular complexity index is 477. The van der Waals surface area contributed by atoms with Gasteiger partial charge >= 0.3 is 0 Å². The lowest BCUT2D eigenvalue weighted by atomic mass is 9.94. The second-order valence-corrected chi connectivity index (χ2v) is 5.01. The van der Waals surface area contributed by atoms with Gasteiger partial charge in [0.2, 0.25) is 11.7 Å². The number of nitrogens with two attached hydrogens (primary N) is 1. The average molecular weight is 298 g/mol. The van der Waals surface area contributed by atoms with E-state index in [0.29, 0.717) is 23.0 Å². The topological polar surface area (TPSA) is 92.0 Å². The van der Waals surface area contributed by atoms with Crippen molar-refractivity contribution in [1.82, 2.24) is 5.43 Å². The minimum Gasteiger partial charge on any atom is -0.493 e. The predicted molar refractivity (Wildman–Crippen MR) is 77.7 cm³/mol. The van der Waals surface area contributed by atoms with Crippen molar-refractivity contribution in [3.05, 3.63) is 12.1 Å². The first-order chi connectivity index (χ1) is 9.89. The Morgan fingerprint density at radius 3 is 2.05 bits per heavy atom. The summed E-state index contributed by atoms with van der Waals surface area (Å²) in [5, 5.41) is 0. The van der Waals surface area contributed by atoms with Crippen molar-refractivity contribution >= 4 is 5.91 Å². The molecule has 0 fully saturated rings. The summed E-state index contributed by atoms with van der Waals surface area (Å²) in [7, 11) is 4.56. The fourth-order valence-corrected chi connectivity index (χ4v) is 1.67. The van der Waals surface area contributed by atoms with Crippen molar-refractivity contribution in [2.24, 2.45) is 11.3 Å². The van der Waals surface area contributed by atoms with Gasteiger partial charge in [0.1, 0.15) is 12.4 Å². The number of hydrazine groups is 1. The number of hydrogen-bond donors (Lipinski definition) is 2. The number of carbonyl (C=O) groups is 1. The van der Waals surface area contributed by atoms with Gasteiger partial charge in [-0.3, -0.25) is 10.2 Å². The number of benzene rings is 1. The van der Waals surface area contributed by atoms with Crippen LogP contribution in [0.4, 0.5) is 0 Å². The maximum atomic E-state index is 11.6. The van der Waals surface area contributed by atoms with E-state index < -0.39 is 5.41 Å². The van der Waals surface area contributed by atoms with E-state index in [0.717, 1.165) is 0 Å². The van der Waals surface area contributed by atoms with E-state index >= 15 is 0 Å². The number of methoxy groups -OCH3 is 3. The van der Waals surface area contributed by atoms with Gasteiger partial charge in [0.05, 0.1) is 26.7 Å². The lowest BCUT2D eigenvalue weighted by molar-refractivity contribution is -0.130. The maximum absolute atomic E-state index is 11.6. The molecule has 0 aliphatic rings. The first kappa shape index (κ1) is 16.9. The van der Waals surface area contributed by atoms with Gasteiger partial charge in [0.15, 0.2) is 11.5 Å². The lowest BCUT2D eigenvalue weighted by Crippen LogP contribution is -2.44. The fraction of sp³-hybridized carbons (Fsp3) is 0.500. The van der Waals surface area contributed by atoms with Crippen molar-refractivity contribution in [2.45, 2.75) is 13.8 Å². The van der Waals surface area contributed by atoms with Crippen LogP contribution in [0.3, 0.4) is 0 Å². The van der Waals surface area contributed by atoms with Crippen LogP contribution in [0, 0.1) is 5.41 Å². The van der Waals surface area contributed by atoms with Crippen LogP contribution in [-0.2, 0) is 4.79 Å². The van der Waals surface area contributed by atoms with E-state index in [-0.39, 0.29) is 12.5 Å². The summed E-state index contributed by atoms with van der Waals surface area (Å²) in [6, 6.07) is 3.33. The van der Waals surface area contributed by atoms with Crippen LogP contribution in [0.15, 0.2) is 12.1 Å². The van der Waals surface area contributed by atoms with Gasteiger partial charge in [0, 0.05) is 12.1 Å². The molecule has 118 valence electrons. The van der Waals surface area contributed by atoms with E-state index in [1.807, 2.05) is 0 Å². The highest BCUT2D eigenvalue weighted by molar-refractivity contribution is 5.81. The zero-order chi connectivity index (χ0) is 16.0. The van der Waals surface area contributed by atoms with E-state index in [1.54, 1.807) is 26.0 Å². The van der Waals surface area contributed by atoms with Gasteiger partial charge in [-0.25, -0.2) is 5.84 Å². The summed E-state index contributed by atoms with van der Waals surface area (Å²) in [5.74, 6) is 6.77. The van der Waals surface area contributed by atoms with Crippen LogP contribution < -0.4 is 30.2 Å². The van der Waals surface area contributed by atoms with Crippen molar-refractivity contribution in [1.29, 1.82) is 0 Å². The highest BCUT2D eigenvalue weighted by Gasteiger charge is 2.28. The zero-order valence-corrected chi connectivity index (χ0v) is 13.0. The summed E-state index contributed by atoms with van der Waals surface area (Å²) in [6.45, 7) is 3.61. The molecule has 0 bridgehead atoms. The van der Waals surface area contributed by atoms with Crippen molar-refractivity contribution in [2.75, 3.05) is 27.9 Å². The summed E-state index contributed by atoms with van der Waals surface area (Å²) < 4.78 is 21.3. The summed E-state index contributed by atoms with van der Waals surface area (Å²) in [4.78, 5) is 11.6. The molecule has 1 aromatic carbocycles. The largest absolute Gasteiger partial charge is 0.493 e. The molecule has 1 rings (SSSR count). The van der Waals surface area contributed by atoms with E-state index in [2.05, 4.69) is 5.43 Å². The highest BCUT2D eigenvalue weighted by atomic mass is 16.5. The molecule has 1 aromatic rings. The molecule has 0 aliphatic heterocycles. The second kappa shape index (κ2) is 7.03. The molecule has 7 heteroatoms. The molecule has 0 heterocycles. The van der Waals surface area contributed by atoms with Crippen LogP contribution in [-0.4, -0.2) is 33.8 Å². The quantitative estimate of drug-likeness (QED) is 0.445. The third-order valence-electron chi connectivity index (χ3n) is 2.98. The van der Waals surface area contributed by atoms with Crippen LogP contribution >= 0.6 is 0 Å². The van der Waals surface area contributed by atoms with Gasteiger partial charge in [-0.15, -0.1) is 0 Å². The predicted octanol–water partition coefficient (Wildman–Crippen LogP) is 1.11. The molecule has 1 amide bonds. The molecule has 0 radical (unpaired) electrons.